The van der Waals surface area contributed by atoms with Gasteiger partial charge in [-0.05, 0) is 24.3 Å². The van der Waals surface area contributed by atoms with Gasteiger partial charge in [0, 0.05) is 0 Å². The van der Waals surface area contributed by atoms with Crippen molar-refractivity contribution in [1.29, 1.82) is 0 Å². The van der Waals surface area contributed by atoms with Gasteiger partial charge in [0.05, 0.1) is 7.11 Å². The topological polar surface area (TPSA) is 64.6 Å². The molecule has 1 atom stereocenters. The zero-order valence-corrected chi connectivity index (χ0v) is 12.8. The van der Waals surface area contributed by atoms with Gasteiger partial charge < -0.3 is 14.8 Å². The molecule has 5 nitrogen and oxygen atoms in total. The molecular formula is C16H23NO4. The Hall–Kier alpha value is -2.04. The highest BCUT2D eigenvalue weighted by Crippen LogP contribution is 2.08. The Morgan fingerprint density at radius 1 is 1.14 bits per heavy atom. The quantitative estimate of drug-likeness (QED) is 0.785. The summed E-state index contributed by atoms with van der Waals surface area (Å²) in [5.41, 5.74) is 0.893. The molecule has 1 amide bonds. The second-order valence-corrected chi connectivity index (χ2v) is 5.25. The van der Waals surface area contributed by atoms with E-state index in [9.17, 15) is 9.59 Å². The van der Waals surface area contributed by atoms with Crippen molar-refractivity contribution in [3.63, 3.8) is 0 Å². The molecule has 0 aliphatic carbocycles. The molecule has 0 radical (unpaired) electrons. The Kier molecular flexibility index (Phi) is 7.29. The van der Waals surface area contributed by atoms with Gasteiger partial charge in [-0.3, -0.25) is 0 Å². The molecular weight excluding hydrogens is 270 g/mol. The number of hydrogen-bond acceptors (Lipinski definition) is 4. The second-order valence-electron chi connectivity index (χ2n) is 5.25. The normalized spacial score (nSPS) is 11.8. The number of methoxy groups -OCH3 is 1. The molecule has 0 saturated heterocycles. The summed E-state index contributed by atoms with van der Waals surface area (Å²) >= 11 is 0. The highest BCUT2D eigenvalue weighted by atomic mass is 16.6. The van der Waals surface area contributed by atoms with Crippen molar-refractivity contribution >= 4 is 12.1 Å². The monoisotopic (exact) mass is 293 g/mol. The van der Waals surface area contributed by atoms with Crippen LogP contribution in [-0.2, 0) is 20.9 Å². The number of carbonyl (C=O) groups is 2. The van der Waals surface area contributed by atoms with Crippen molar-refractivity contribution in [3.05, 3.63) is 35.9 Å². The lowest BCUT2D eigenvalue weighted by molar-refractivity contribution is -0.143. The van der Waals surface area contributed by atoms with E-state index in [-0.39, 0.29) is 6.61 Å². The maximum atomic E-state index is 11.8. The standard InChI is InChI=1S/C16H23NO4/c1-12(2)9-10-14(15(18)20-3)17-16(19)21-11-13-7-5-4-6-8-13/h4-8,12,14H,9-11H2,1-3H3,(H,17,19)/t14-/m1/s1. The Balaban J connectivity index is 2.45. The molecule has 0 aromatic heterocycles. The lowest BCUT2D eigenvalue weighted by atomic mass is 10.0. The fourth-order valence-corrected chi connectivity index (χ4v) is 1.80. The van der Waals surface area contributed by atoms with E-state index in [1.807, 2.05) is 30.3 Å². The van der Waals surface area contributed by atoms with Crippen LogP contribution in [0.3, 0.4) is 0 Å². The van der Waals surface area contributed by atoms with Crippen LogP contribution in [0.25, 0.3) is 0 Å². The molecule has 1 aromatic carbocycles. The van der Waals surface area contributed by atoms with Crippen LogP contribution in [0.2, 0.25) is 0 Å². The second kappa shape index (κ2) is 9.00. The van der Waals surface area contributed by atoms with Gasteiger partial charge in [-0.1, -0.05) is 44.2 Å². The molecule has 0 heterocycles. The Morgan fingerprint density at radius 2 is 1.81 bits per heavy atom. The van der Waals surface area contributed by atoms with Crippen LogP contribution in [0.1, 0.15) is 32.3 Å². The SMILES string of the molecule is COC(=O)[C@@H](CCC(C)C)NC(=O)OCc1ccccc1. The first kappa shape index (κ1) is 17.0. The molecule has 5 heteroatoms. The Bertz CT molecular complexity index is 445. The molecule has 0 spiro atoms. The number of rotatable bonds is 7. The largest absolute Gasteiger partial charge is 0.467 e. The van der Waals surface area contributed by atoms with Crippen molar-refractivity contribution in [2.45, 2.75) is 39.3 Å². The molecule has 0 saturated carbocycles. The van der Waals surface area contributed by atoms with Crippen LogP contribution in [0.4, 0.5) is 4.79 Å². The van der Waals surface area contributed by atoms with E-state index < -0.39 is 18.1 Å². The summed E-state index contributed by atoms with van der Waals surface area (Å²) in [6.45, 7) is 4.29. The minimum Gasteiger partial charge on any atom is -0.467 e. The number of carbonyl (C=O) groups excluding carboxylic acids is 2. The smallest absolute Gasteiger partial charge is 0.408 e. The van der Waals surface area contributed by atoms with Crippen LogP contribution in [0.5, 0.6) is 0 Å². The number of ether oxygens (including phenoxy) is 2. The summed E-state index contributed by atoms with van der Waals surface area (Å²) in [6, 6.07) is 8.70. The average Bonchev–Trinajstić information content (AvgIpc) is 2.49. The summed E-state index contributed by atoms with van der Waals surface area (Å²) in [4.78, 5) is 23.4. The minimum absolute atomic E-state index is 0.171. The zero-order valence-electron chi connectivity index (χ0n) is 12.8. The van der Waals surface area contributed by atoms with Crippen LogP contribution < -0.4 is 5.32 Å². The number of hydrogen-bond donors (Lipinski definition) is 1. The van der Waals surface area contributed by atoms with Crippen LogP contribution in [0, 0.1) is 5.92 Å². The number of esters is 1. The maximum absolute atomic E-state index is 11.8. The number of alkyl carbamates (subject to hydrolysis) is 1. The maximum Gasteiger partial charge on any atom is 0.408 e. The zero-order chi connectivity index (χ0) is 15.7. The van der Waals surface area contributed by atoms with Crippen molar-refractivity contribution in [1.82, 2.24) is 5.32 Å². The highest BCUT2D eigenvalue weighted by Gasteiger charge is 2.22. The number of benzene rings is 1. The third-order valence-electron chi connectivity index (χ3n) is 3.02. The van der Waals surface area contributed by atoms with Gasteiger partial charge in [0.1, 0.15) is 12.6 Å². The summed E-state index contributed by atoms with van der Waals surface area (Å²) in [6.07, 6.45) is 0.738. The van der Waals surface area contributed by atoms with E-state index in [1.54, 1.807) is 0 Å². The first-order valence-electron chi connectivity index (χ1n) is 7.08. The molecule has 0 aliphatic rings. The highest BCUT2D eigenvalue weighted by molar-refractivity contribution is 5.81. The van der Waals surface area contributed by atoms with Crippen molar-refractivity contribution in [2.75, 3.05) is 7.11 Å². The van der Waals surface area contributed by atoms with Crippen molar-refractivity contribution in [3.8, 4) is 0 Å². The van der Waals surface area contributed by atoms with Crippen molar-refractivity contribution in [2.24, 2.45) is 5.92 Å². The molecule has 21 heavy (non-hydrogen) atoms. The van der Waals surface area contributed by atoms with E-state index >= 15 is 0 Å². The predicted octanol–water partition coefficient (Wildman–Crippen LogP) is 2.89. The number of nitrogens with one attached hydrogen (secondary N) is 1. The van der Waals surface area contributed by atoms with Gasteiger partial charge in [0.15, 0.2) is 0 Å². The fourth-order valence-electron chi connectivity index (χ4n) is 1.80. The average molecular weight is 293 g/mol. The van der Waals surface area contributed by atoms with Gasteiger partial charge in [0.25, 0.3) is 0 Å². The summed E-state index contributed by atoms with van der Waals surface area (Å²) in [5.74, 6) is -0.00777. The molecule has 0 bridgehead atoms. The minimum atomic E-state index is -0.666. The van der Waals surface area contributed by atoms with Crippen molar-refractivity contribution < 1.29 is 19.1 Å². The fraction of sp³-hybridized carbons (Fsp3) is 0.500. The third kappa shape index (κ3) is 6.79. The molecule has 1 rings (SSSR count). The predicted molar refractivity (Wildman–Crippen MR) is 79.6 cm³/mol. The molecule has 1 N–H and O–H groups in total. The van der Waals surface area contributed by atoms with E-state index in [0.717, 1.165) is 12.0 Å². The lowest BCUT2D eigenvalue weighted by Crippen LogP contribution is -2.41. The van der Waals surface area contributed by atoms with Crippen LogP contribution in [0.15, 0.2) is 30.3 Å². The summed E-state index contributed by atoms with van der Waals surface area (Å²) in [5, 5.41) is 2.56. The van der Waals surface area contributed by atoms with E-state index in [2.05, 4.69) is 19.2 Å². The Labute approximate surface area is 125 Å². The number of amides is 1. The van der Waals surface area contributed by atoms with E-state index in [1.165, 1.54) is 7.11 Å². The van der Waals surface area contributed by atoms with Gasteiger partial charge in [-0.25, -0.2) is 9.59 Å². The summed E-state index contributed by atoms with van der Waals surface area (Å²) in [7, 11) is 1.31. The lowest BCUT2D eigenvalue weighted by Gasteiger charge is -2.17. The molecule has 116 valence electrons. The van der Waals surface area contributed by atoms with Gasteiger partial charge >= 0.3 is 12.1 Å². The van der Waals surface area contributed by atoms with E-state index in [4.69, 9.17) is 9.47 Å². The van der Waals surface area contributed by atoms with Gasteiger partial charge in [0.2, 0.25) is 0 Å². The molecule has 1 aromatic rings. The van der Waals surface area contributed by atoms with Crippen LogP contribution in [-0.4, -0.2) is 25.2 Å². The molecule has 0 aliphatic heterocycles. The summed E-state index contributed by atoms with van der Waals surface area (Å²) < 4.78 is 9.80. The first-order chi connectivity index (χ1) is 10.0. The third-order valence-corrected chi connectivity index (χ3v) is 3.02. The molecule has 0 fully saturated rings. The van der Waals surface area contributed by atoms with Crippen LogP contribution >= 0.6 is 0 Å². The Morgan fingerprint density at radius 3 is 2.38 bits per heavy atom. The van der Waals surface area contributed by atoms with E-state index in [0.29, 0.717) is 12.3 Å². The first-order valence-corrected chi connectivity index (χ1v) is 7.08. The van der Waals surface area contributed by atoms with Gasteiger partial charge in [-0.2, -0.15) is 0 Å². The van der Waals surface area contributed by atoms with Gasteiger partial charge in [-0.15, -0.1) is 0 Å². The molecule has 0 unspecified atom stereocenters.